The molecule has 2 aromatic heterocycles. The van der Waals surface area contributed by atoms with Gasteiger partial charge in [0.25, 0.3) is 0 Å². The van der Waals surface area contributed by atoms with Gasteiger partial charge in [-0.25, -0.2) is 0 Å². The summed E-state index contributed by atoms with van der Waals surface area (Å²) in [5.41, 5.74) is 0.828. The van der Waals surface area contributed by atoms with Gasteiger partial charge >= 0.3 is 0 Å². The minimum absolute atomic E-state index is 0.544. The molecule has 6 heteroatoms. The van der Waals surface area contributed by atoms with Gasteiger partial charge in [0.05, 0.1) is 20.6 Å². The van der Waals surface area contributed by atoms with E-state index in [-0.39, 0.29) is 0 Å². The maximum atomic E-state index is 5.30. The Hall–Kier alpha value is -2.34. The number of hydrogen-bond donors (Lipinski definition) is 0. The molecule has 0 aliphatic carbocycles. The van der Waals surface area contributed by atoms with Crippen LogP contribution in [0.4, 0.5) is 0 Å². The van der Waals surface area contributed by atoms with E-state index in [4.69, 9.17) is 14.0 Å². The summed E-state index contributed by atoms with van der Waals surface area (Å²) < 4.78 is 15.8. The molecule has 0 unspecified atom stereocenters. The van der Waals surface area contributed by atoms with E-state index in [1.807, 2.05) is 35.7 Å². The molecule has 3 rings (SSSR count). The van der Waals surface area contributed by atoms with Crippen molar-refractivity contribution in [2.24, 2.45) is 0 Å². The zero-order chi connectivity index (χ0) is 14.7. The fourth-order valence-electron chi connectivity index (χ4n) is 1.98. The number of hydrogen-bond acceptors (Lipinski definition) is 6. The van der Waals surface area contributed by atoms with Gasteiger partial charge in [-0.05, 0) is 29.6 Å². The number of nitrogens with zero attached hydrogens (tertiary/aromatic N) is 2. The highest BCUT2D eigenvalue weighted by Gasteiger charge is 2.12. The summed E-state index contributed by atoms with van der Waals surface area (Å²) >= 11 is 1.67. The summed E-state index contributed by atoms with van der Waals surface area (Å²) in [5.74, 6) is 2.45. The maximum absolute atomic E-state index is 5.30. The van der Waals surface area contributed by atoms with Gasteiger partial charge in [-0.1, -0.05) is 11.2 Å². The van der Waals surface area contributed by atoms with Gasteiger partial charge in [0.15, 0.2) is 11.5 Å². The molecule has 0 saturated heterocycles. The summed E-state index contributed by atoms with van der Waals surface area (Å²) in [6.45, 7) is 0. The van der Waals surface area contributed by atoms with Gasteiger partial charge in [0.2, 0.25) is 11.7 Å². The standard InChI is InChI=1S/C15H14N2O3S/c1-18-12-6-5-10(8-13(12)19-2)15-16-14(20-17-15)9-11-4-3-7-21-11/h3-8H,9H2,1-2H3. The highest BCUT2D eigenvalue weighted by Crippen LogP contribution is 2.31. The van der Waals surface area contributed by atoms with Crippen molar-refractivity contribution in [2.45, 2.75) is 6.42 Å². The van der Waals surface area contributed by atoms with E-state index in [0.29, 0.717) is 29.6 Å². The highest BCUT2D eigenvalue weighted by atomic mass is 32.1. The summed E-state index contributed by atoms with van der Waals surface area (Å²) in [5, 5.41) is 6.05. The molecule has 0 aliphatic heterocycles. The molecule has 0 fully saturated rings. The van der Waals surface area contributed by atoms with Gasteiger partial charge in [0, 0.05) is 10.4 Å². The molecule has 0 spiro atoms. The van der Waals surface area contributed by atoms with Gasteiger partial charge < -0.3 is 14.0 Å². The molecule has 0 bridgehead atoms. The third-order valence-electron chi connectivity index (χ3n) is 3.02. The second kappa shape index (κ2) is 5.97. The molecular formula is C15H14N2O3S. The van der Waals surface area contributed by atoms with Crippen LogP contribution in [0.2, 0.25) is 0 Å². The minimum atomic E-state index is 0.544. The van der Waals surface area contributed by atoms with Crippen molar-refractivity contribution in [3.8, 4) is 22.9 Å². The van der Waals surface area contributed by atoms with Crippen molar-refractivity contribution in [1.82, 2.24) is 10.1 Å². The van der Waals surface area contributed by atoms with E-state index in [2.05, 4.69) is 10.1 Å². The predicted molar refractivity (Wildman–Crippen MR) is 80.0 cm³/mol. The van der Waals surface area contributed by atoms with Crippen molar-refractivity contribution in [3.05, 3.63) is 46.5 Å². The topological polar surface area (TPSA) is 57.4 Å². The van der Waals surface area contributed by atoms with Crippen molar-refractivity contribution in [2.75, 3.05) is 14.2 Å². The first-order chi connectivity index (χ1) is 10.3. The Kier molecular flexibility index (Phi) is 3.87. The van der Waals surface area contributed by atoms with Gasteiger partial charge in [0.1, 0.15) is 0 Å². The molecule has 0 radical (unpaired) electrons. The zero-order valence-corrected chi connectivity index (χ0v) is 12.5. The van der Waals surface area contributed by atoms with Crippen LogP contribution in [0.5, 0.6) is 11.5 Å². The van der Waals surface area contributed by atoms with Gasteiger partial charge in [-0.3, -0.25) is 0 Å². The van der Waals surface area contributed by atoms with Crippen molar-refractivity contribution < 1.29 is 14.0 Å². The molecule has 1 aromatic carbocycles. The molecule has 5 nitrogen and oxygen atoms in total. The number of thiophene rings is 1. The van der Waals surface area contributed by atoms with E-state index in [0.717, 1.165) is 5.56 Å². The summed E-state index contributed by atoms with van der Waals surface area (Å²) in [6, 6.07) is 9.58. The van der Waals surface area contributed by atoms with Crippen LogP contribution < -0.4 is 9.47 Å². The second-order valence-corrected chi connectivity index (χ2v) is 5.37. The van der Waals surface area contributed by atoms with Crippen molar-refractivity contribution >= 4 is 11.3 Å². The number of methoxy groups -OCH3 is 2. The minimum Gasteiger partial charge on any atom is -0.493 e. The number of aromatic nitrogens is 2. The van der Waals surface area contributed by atoms with Crippen LogP contribution in [0.3, 0.4) is 0 Å². The first-order valence-corrected chi connectivity index (χ1v) is 7.25. The van der Waals surface area contributed by atoms with E-state index >= 15 is 0 Å². The van der Waals surface area contributed by atoms with Crippen LogP contribution in [0.25, 0.3) is 11.4 Å². The lowest BCUT2D eigenvalue weighted by atomic mass is 10.2. The average Bonchev–Trinajstić information content (AvgIpc) is 3.19. The molecule has 3 aromatic rings. The largest absolute Gasteiger partial charge is 0.493 e. The van der Waals surface area contributed by atoms with Gasteiger partial charge in [-0.15, -0.1) is 11.3 Å². The smallest absolute Gasteiger partial charge is 0.232 e. The Morgan fingerprint density at radius 3 is 2.71 bits per heavy atom. The van der Waals surface area contributed by atoms with E-state index in [1.165, 1.54) is 4.88 Å². The van der Waals surface area contributed by atoms with Crippen LogP contribution in [-0.4, -0.2) is 24.4 Å². The highest BCUT2D eigenvalue weighted by molar-refractivity contribution is 7.09. The Balaban J connectivity index is 1.85. The number of rotatable bonds is 5. The quantitative estimate of drug-likeness (QED) is 0.723. The van der Waals surface area contributed by atoms with Crippen LogP contribution in [0, 0.1) is 0 Å². The Labute approximate surface area is 126 Å². The zero-order valence-electron chi connectivity index (χ0n) is 11.7. The number of benzene rings is 1. The van der Waals surface area contributed by atoms with Crippen LogP contribution in [0.15, 0.2) is 40.2 Å². The molecule has 0 N–H and O–H groups in total. The van der Waals surface area contributed by atoms with Gasteiger partial charge in [-0.2, -0.15) is 4.98 Å². The summed E-state index contributed by atoms with van der Waals surface area (Å²) in [6.07, 6.45) is 0.651. The first kappa shape index (κ1) is 13.6. The van der Waals surface area contributed by atoms with E-state index in [9.17, 15) is 0 Å². The predicted octanol–water partition coefficient (Wildman–Crippen LogP) is 3.41. The Morgan fingerprint density at radius 2 is 2.00 bits per heavy atom. The average molecular weight is 302 g/mol. The molecule has 108 valence electrons. The molecular weight excluding hydrogens is 288 g/mol. The maximum Gasteiger partial charge on any atom is 0.232 e. The SMILES string of the molecule is COc1ccc(-c2noc(Cc3cccs3)n2)cc1OC. The normalized spacial score (nSPS) is 10.6. The third-order valence-corrected chi connectivity index (χ3v) is 3.89. The fourth-order valence-corrected chi connectivity index (χ4v) is 2.68. The van der Waals surface area contributed by atoms with Crippen LogP contribution in [-0.2, 0) is 6.42 Å². The van der Waals surface area contributed by atoms with E-state index < -0.39 is 0 Å². The Bertz CT molecular complexity index is 722. The fraction of sp³-hybridized carbons (Fsp3) is 0.200. The molecule has 0 saturated carbocycles. The first-order valence-electron chi connectivity index (χ1n) is 6.37. The second-order valence-electron chi connectivity index (χ2n) is 4.34. The number of ether oxygens (including phenoxy) is 2. The molecule has 0 atom stereocenters. The Morgan fingerprint density at radius 1 is 1.14 bits per heavy atom. The van der Waals surface area contributed by atoms with E-state index in [1.54, 1.807) is 25.6 Å². The lowest BCUT2D eigenvalue weighted by molar-refractivity contribution is 0.355. The summed E-state index contributed by atoms with van der Waals surface area (Å²) in [7, 11) is 3.20. The van der Waals surface area contributed by atoms with Crippen molar-refractivity contribution in [3.63, 3.8) is 0 Å². The molecule has 2 heterocycles. The third kappa shape index (κ3) is 2.90. The molecule has 0 aliphatic rings. The lowest BCUT2D eigenvalue weighted by Crippen LogP contribution is -1.91. The van der Waals surface area contributed by atoms with Crippen molar-refractivity contribution in [1.29, 1.82) is 0 Å². The summed E-state index contributed by atoms with van der Waals surface area (Å²) in [4.78, 5) is 5.61. The van der Waals surface area contributed by atoms with Crippen LogP contribution in [0.1, 0.15) is 10.8 Å². The lowest BCUT2D eigenvalue weighted by Gasteiger charge is -2.07. The van der Waals surface area contributed by atoms with Crippen LogP contribution >= 0.6 is 11.3 Å². The molecule has 0 amide bonds. The molecule has 21 heavy (non-hydrogen) atoms. The monoisotopic (exact) mass is 302 g/mol.